The highest BCUT2D eigenvalue weighted by Crippen LogP contribution is 2.56. The highest BCUT2D eigenvalue weighted by atomic mass is 79.9. The van der Waals surface area contributed by atoms with Crippen LogP contribution in [0.3, 0.4) is 0 Å². The smallest absolute Gasteiger partial charge is 0.0886 e. The molecule has 0 amide bonds. The van der Waals surface area contributed by atoms with Crippen LogP contribution in [0.2, 0.25) is 0 Å². The molecule has 0 bridgehead atoms. The van der Waals surface area contributed by atoms with E-state index >= 15 is 0 Å². The van der Waals surface area contributed by atoms with Crippen LogP contribution in [0, 0.1) is 13.8 Å². The second kappa shape index (κ2) is 8.07. The third-order valence-corrected chi connectivity index (χ3v) is 7.62. The maximum Gasteiger partial charge on any atom is 0.0886 e. The quantitative estimate of drug-likeness (QED) is 0.237. The van der Waals surface area contributed by atoms with Gasteiger partial charge in [-0.25, -0.2) is 0 Å². The van der Waals surface area contributed by atoms with Crippen LogP contribution in [0.15, 0.2) is 114 Å². The summed E-state index contributed by atoms with van der Waals surface area (Å²) in [5, 5.41) is 0. The van der Waals surface area contributed by atoms with E-state index in [1.54, 1.807) is 0 Å². The van der Waals surface area contributed by atoms with Crippen LogP contribution in [0.1, 0.15) is 33.5 Å². The molecule has 1 aliphatic carbocycles. The molecule has 5 aromatic rings. The van der Waals surface area contributed by atoms with E-state index < -0.39 is 5.41 Å². The molecule has 0 saturated heterocycles. The predicted octanol–water partition coefficient (Wildman–Crippen LogP) is 8.49. The third-order valence-electron chi connectivity index (χ3n) is 7.12. The Morgan fingerprint density at radius 1 is 0.647 bits per heavy atom. The summed E-state index contributed by atoms with van der Waals surface area (Å²) in [6.07, 6.45) is 1.97. The van der Waals surface area contributed by atoms with Gasteiger partial charge < -0.3 is 0 Å². The molecule has 164 valence electrons. The Morgan fingerprint density at radius 3 is 1.91 bits per heavy atom. The van der Waals surface area contributed by atoms with E-state index in [0.29, 0.717) is 0 Å². The van der Waals surface area contributed by atoms with E-state index in [-0.39, 0.29) is 0 Å². The van der Waals surface area contributed by atoms with Gasteiger partial charge in [-0.15, -0.1) is 0 Å². The Kier molecular flexibility index (Phi) is 5.00. The zero-order valence-corrected chi connectivity index (χ0v) is 20.8. The monoisotopic (exact) mass is 501 g/mol. The maximum absolute atomic E-state index is 5.07. The molecule has 4 aromatic carbocycles. The lowest BCUT2D eigenvalue weighted by Gasteiger charge is -2.33. The molecule has 1 aromatic heterocycles. The number of pyridine rings is 1. The van der Waals surface area contributed by atoms with E-state index in [2.05, 4.69) is 133 Å². The SMILES string of the molecule is Cc1cccc(C)c1-c1ccnc(C2(c3cccc(Br)c3)c3ccccc3-c3ccccc32)c1. The molecule has 0 radical (unpaired) electrons. The van der Waals surface area contributed by atoms with Crippen LogP contribution in [-0.4, -0.2) is 4.98 Å². The van der Waals surface area contributed by atoms with Crippen molar-refractivity contribution in [3.05, 3.63) is 147 Å². The fourth-order valence-corrected chi connectivity index (χ4v) is 6.15. The summed E-state index contributed by atoms with van der Waals surface area (Å²) in [5.74, 6) is 0. The molecular weight excluding hydrogens is 478 g/mol. The first-order valence-electron chi connectivity index (χ1n) is 11.6. The van der Waals surface area contributed by atoms with E-state index in [0.717, 1.165) is 10.2 Å². The minimum atomic E-state index is -0.496. The number of hydrogen-bond donors (Lipinski definition) is 0. The zero-order chi connectivity index (χ0) is 23.3. The fraction of sp³-hybridized carbons (Fsp3) is 0.0938. The van der Waals surface area contributed by atoms with E-state index in [1.165, 1.54) is 50.1 Å². The number of fused-ring (bicyclic) bond motifs is 3. The topological polar surface area (TPSA) is 12.9 Å². The molecule has 1 heterocycles. The van der Waals surface area contributed by atoms with Gasteiger partial charge in [-0.2, -0.15) is 0 Å². The Labute approximate surface area is 209 Å². The molecule has 6 rings (SSSR count). The summed E-state index contributed by atoms with van der Waals surface area (Å²) in [4.78, 5) is 5.07. The second-order valence-electron chi connectivity index (χ2n) is 9.05. The summed E-state index contributed by atoms with van der Waals surface area (Å²) >= 11 is 3.74. The largest absolute Gasteiger partial charge is 0.260 e. The van der Waals surface area contributed by atoms with E-state index in [1.807, 2.05) is 6.20 Å². The van der Waals surface area contributed by atoms with Gasteiger partial charge in [0.2, 0.25) is 0 Å². The van der Waals surface area contributed by atoms with Gasteiger partial charge in [0.15, 0.2) is 0 Å². The Bertz CT molecular complexity index is 1480. The predicted molar refractivity (Wildman–Crippen MR) is 144 cm³/mol. The first-order valence-corrected chi connectivity index (χ1v) is 12.4. The lowest BCUT2D eigenvalue weighted by atomic mass is 9.69. The molecule has 0 atom stereocenters. The van der Waals surface area contributed by atoms with Crippen molar-refractivity contribution >= 4 is 15.9 Å². The van der Waals surface area contributed by atoms with Gasteiger partial charge in [-0.3, -0.25) is 4.98 Å². The van der Waals surface area contributed by atoms with Crippen molar-refractivity contribution in [2.24, 2.45) is 0 Å². The summed E-state index contributed by atoms with van der Waals surface area (Å²) < 4.78 is 1.07. The van der Waals surface area contributed by atoms with Gasteiger partial charge in [-0.05, 0) is 88.2 Å². The second-order valence-corrected chi connectivity index (χ2v) is 9.96. The first kappa shape index (κ1) is 21.1. The fourth-order valence-electron chi connectivity index (χ4n) is 5.75. The first-order chi connectivity index (χ1) is 16.6. The van der Waals surface area contributed by atoms with Crippen molar-refractivity contribution in [1.29, 1.82) is 0 Å². The summed E-state index contributed by atoms with van der Waals surface area (Å²) in [6.45, 7) is 4.37. The van der Waals surface area contributed by atoms with Crippen molar-refractivity contribution in [3.63, 3.8) is 0 Å². The van der Waals surface area contributed by atoms with Crippen LogP contribution < -0.4 is 0 Å². The number of benzene rings is 4. The van der Waals surface area contributed by atoms with Crippen molar-refractivity contribution < 1.29 is 0 Å². The van der Waals surface area contributed by atoms with E-state index in [9.17, 15) is 0 Å². The van der Waals surface area contributed by atoms with Crippen molar-refractivity contribution in [1.82, 2.24) is 4.98 Å². The number of rotatable bonds is 3. The molecule has 2 heteroatoms. The molecule has 1 nitrogen and oxygen atoms in total. The third kappa shape index (κ3) is 3.02. The van der Waals surface area contributed by atoms with Crippen LogP contribution in [0.25, 0.3) is 22.3 Å². The average Bonchev–Trinajstić information content (AvgIpc) is 3.16. The maximum atomic E-state index is 5.07. The molecule has 34 heavy (non-hydrogen) atoms. The van der Waals surface area contributed by atoms with Gasteiger partial charge in [0, 0.05) is 10.7 Å². The molecule has 0 unspecified atom stereocenters. The molecule has 0 spiro atoms. The molecule has 0 fully saturated rings. The highest BCUT2D eigenvalue weighted by Gasteiger charge is 2.47. The van der Waals surface area contributed by atoms with Gasteiger partial charge in [0.05, 0.1) is 11.1 Å². The summed E-state index contributed by atoms with van der Waals surface area (Å²) in [6, 6.07) is 37.2. The van der Waals surface area contributed by atoms with E-state index in [4.69, 9.17) is 4.98 Å². The Morgan fingerprint density at radius 2 is 1.26 bits per heavy atom. The number of aromatic nitrogens is 1. The Balaban J connectivity index is 1.73. The number of aryl methyl sites for hydroxylation is 2. The minimum Gasteiger partial charge on any atom is -0.260 e. The normalized spacial score (nSPS) is 13.4. The van der Waals surface area contributed by atoms with Crippen LogP contribution in [0.4, 0.5) is 0 Å². The summed E-state index contributed by atoms with van der Waals surface area (Å²) in [5.41, 5.74) is 11.9. The van der Waals surface area contributed by atoms with Crippen molar-refractivity contribution in [2.45, 2.75) is 19.3 Å². The molecule has 0 N–H and O–H groups in total. The van der Waals surface area contributed by atoms with Gasteiger partial charge in [0.25, 0.3) is 0 Å². The van der Waals surface area contributed by atoms with Crippen molar-refractivity contribution in [2.75, 3.05) is 0 Å². The van der Waals surface area contributed by atoms with Crippen molar-refractivity contribution in [3.8, 4) is 22.3 Å². The molecule has 0 aliphatic heterocycles. The number of nitrogens with zero attached hydrogens (tertiary/aromatic N) is 1. The van der Waals surface area contributed by atoms with Gasteiger partial charge in [0.1, 0.15) is 0 Å². The summed E-state index contributed by atoms with van der Waals surface area (Å²) in [7, 11) is 0. The molecular formula is C32H24BrN. The van der Waals surface area contributed by atoms with Gasteiger partial charge >= 0.3 is 0 Å². The number of halogens is 1. The Hall–Kier alpha value is -3.49. The van der Waals surface area contributed by atoms with Crippen LogP contribution in [-0.2, 0) is 5.41 Å². The minimum absolute atomic E-state index is 0.496. The highest BCUT2D eigenvalue weighted by molar-refractivity contribution is 9.10. The average molecular weight is 502 g/mol. The molecule has 1 aliphatic rings. The number of hydrogen-bond acceptors (Lipinski definition) is 1. The zero-order valence-electron chi connectivity index (χ0n) is 19.2. The lowest BCUT2D eigenvalue weighted by Crippen LogP contribution is -2.29. The van der Waals surface area contributed by atoms with Crippen LogP contribution in [0.5, 0.6) is 0 Å². The lowest BCUT2D eigenvalue weighted by molar-refractivity contribution is 0.734. The van der Waals surface area contributed by atoms with Crippen LogP contribution >= 0.6 is 15.9 Å². The molecule has 0 saturated carbocycles. The standard InChI is InChI=1S/C32H24BrN/c1-21-9-7-10-22(2)31(21)23-17-18-34-30(19-23)32(24-11-8-12-25(33)20-24)28-15-5-3-13-26(28)27-14-4-6-16-29(27)32/h3-20H,1-2H3. The van der Waals surface area contributed by atoms with Gasteiger partial charge in [-0.1, -0.05) is 94.8 Å².